The molecule has 0 saturated carbocycles. The maximum Gasteiger partial charge on any atom is 0.325 e. The van der Waals surface area contributed by atoms with Crippen LogP contribution in [-0.4, -0.2) is 55.9 Å². The first kappa shape index (κ1) is 16.9. The van der Waals surface area contributed by atoms with Crippen LogP contribution >= 0.6 is 0 Å². The number of carboxylic acids is 1. The van der Waals surface area contributed by atoms with Gasteiger partial charge in [0.1, 0.15) is 12.2 Å². The van der Waals surface area contributed by atoms with Gasteiger partial charge in [-0.1, -0.05) is 18.1 Å². The molecular weight excluding hydrogens is 302 g/mol. The molecule has 0 aliphatic carbocycles. The molecule has 1 aliphatic rings. The molecular formula is C14H21N5O4. The van der Waals surface area contributed by atoms with Crippen LogP contribution in [0.25, 0.3) is 0 Å². The molecule has 1 aromatic rings. The molecule has 23 heavy (non-hydrogen) atoms. The first-order valence-corrected chi connectivity index (χ1v) is 7.70. The first-order chi connectivity index (χ1) is 11.0. The van der Waals surface area contributed by atoms with Crippen LogP contribution in [0.2, 0.25) is 0 Å². The van der Waals surface area contributed by atoms with Gasteiger partial charge in [0.2, 0.25) is 11.8 Å². The summed E-state index contributed by atoms with van der Waals surface area (Å²) in [5.41, 5.74) is 0.471. The van der Waals surface area contributed by atoms with E-state index in [9.17, 15) is 14.4 Å². The fraction of sp³-hybridized carbons (Fsp3) is 0.643. The molecule has 1 aromatic heterocycles. The maximum atomic E-state index is 12.0. The van der Waals surface area contributed by atoms with Crippen molar-refractivity contribution in [2.45, 2.75) is 45.2 Å². The van der Waals surface area contributed by atoms with Crippen LogP contribution in [0.3, 0.4) is 0 Å². The number of nitrogens with zero attached hydrogens (tertiary/aromatic N) is 4. The molecule has 9 heteroatoms. The Labute approximate surface area is 133 Å². The number of carbonyl (C=O) groups is 3. The largest absolute Gasteiger partial charge is 0.480 e. The zero-order valence-corrected chi connectivity index (χ0v) is 12.9. The minimum absolute atomic E-state index is 0.0206. The van der Waals surface area contributed by atoms with Gasteiger partial charge in [0.15, 0.2) is 0 Å². The summed E-state index contributed by atoms with van der Waals surface area (Å²) in [6.45, 7) is 0.535. The van der Waals surface area contributed by atoms with Gasteiger partial charge in [0, 0.05) is 13.0 Å². The summed E-state index contributed by atoms with van der Waals surface area (Å²) in [5.74, 6) is -1.25. The second kappa shape index (κ2) is 8.25. The van der Waals surface area contributed by atoms with Crippen LogP contribution in [0.1, 0.15) is 37.8 Å². The average molecular weight is 323 g/mol. The lowest BCUT2D eigenvalue weighted by Crippen LogP contribution is -2.41. The van der Waals surface area contributed by atoms with Crippen LogP contribution in [-0.2, 0) is 27.5 Å². The van der Waals surface area contributed by atoms with E-state index in [1.165, 1.54) is 10.9 Å². The van der Waals surface area contributed by atoms with Crippen molar-refractivity contribution in [1.29, 1.82) is 0 Å². The van der Waals surface area contributed by atoms with Gasteiger partial charge >= 0.3 is 5.97 Å². The maximum absolute atomic E-state index is 12.0. The molecule has 2 rings (SSSR count). The topological polar surface area (TPSA) is 117 Å². The number of likely N-dealkylation sites (tertiary alicyclic amines) is 1. The number of carboxylic acid groups (broad SMARTS) is 1. The van der Waals surface area contributed by atoms with Crippen LogP contribution in [0.4, 0.5) is 0 Å². The quantitative estimate of drug-likeness (QED) is 0.747. The van der Waals surface area contributed by atoms with E-state index in [0.717, 1.165) is 25.7 Å². The molecule has 0 unspecified atom stereocenters. The second-order valence-electron chi connectivity index (χ2n) is 5.56. The highest BCUT2D eigenvalue weighted by Crippen LogP contribution is 2.11. The predicted molar refractivity (Wildman–Crippen MR) is 79.2 cm³/mol. The molecule has 2 N–H and O–H groups in total. The molecule has 0 atom stereocenters. The fourth-order valence-corrected chi connectivity index (χ4v) is 2.44. The van der Waals surface area contributed by atoms with E-state index >= 15 is 0 Å². The zero-order valence-electron chi connectivity index (χ0n) is 12.9. The van der Waals surface area contributed by atoms with Crippen molar-refractivity contribution in [2.24, 2.45) is 0 Å². The van der Waals surface area contributed by atoms with Crippen LogP contribution in [0.5, 0.6) is 0 Å². The van der Waals surface area contributed by atoms with E-state index in [0.29, 0.717) is 18.7 Å². The summed E-state index contributed by atoms with van der Waals surface area (Å²) in [5, 5.41) is 18.8. The Kier molecular flexibility index (Phi) is 6.07. The SMILES string of the molecule is O=C(O)Cn1cc(CNC(=O)CN2CCCCCCC2=O)nn1. The van der Waals surface area contributed by atoms with Crippen LogP contribution < -0.4 is 5.32 Å². The molecule has 1 saturated heterocycles. The van der Waals surface area contributed by atoms with E-state index in [-0.39, 0.29) is 31.4 Å². The average Bonchev–Trinajstić information content (AvgIpc) is 2.91. The van der Waals surface area contributed by atoms with Gasteiger partial charge in [-0.25, -0.2) is 4.68 Å². The summed E-state index contributed by atoms with van der Waals surface area (Å²) < 4.78 is 1.19. The Bertz CT molecular complexity index is 571. The summed E-state index contributed by atoms with van der Waals surface area (Å²) in [6.07, 6.45) is 5.91. The van der Waals surface area contributed by atoms with Gasteiger partial charge < -0.3 is 15.3 Å². The lowest BCUT2D eigenvalue weighted by molar-refractivity contribution is -0.138. The van der Waals surface area contributed by atoms with Crippen molar-refractivity contribution in [3.8, 4) is 0 Å². The molecule has 0 aromatic carbocycles. The van der Waals surface area contributed by atoms with Gasteiger partial charge in [0.05, 0.1) is 19.3 Å². The molecule has 0 radical (unpaired) electrons. The van der Waals surface area contributed by atoms with E-state index < -0.39 is 5.97 Å². The number of aliphatic carboxylic acids is 1. The lowest BCUT2D eigenvalue weighted by Gasteiger charge is -2.24. The molecule has 0 spiro atoms. The highest BCUT2D eigenvalue weighted by atomic mass is 16.4. The van der Waals surface area contributed by atoms with E-state index in [4.69, 9.17) is 5.11 Å². The number of rotatable bonds is 6. The Morgan fingerprint density at radius 2 is 2.00 bits per heavy atom. The molecule has 1 fully saturated rings. The minimum Gasteiger partial charge on any atom is -0.480 e. The Hall–Kier alpha value is -2.45. The molecule has 9 nitrogen and oxygen atoms in total. The fourth-order valence-electron chi connectivity index (χ4n) is 2.44. The van der Waals surface area contributed by atoms with Crippen molar-refractivity contribution in [1.82, 2.24) is 25.2 Å². The third-order valence-electron chi connectivity index (χ3n) is 3.61. The number of carbonyl (C=O) groups excluding carboxylic acids is 2. The number of hydrogen-bond acceptors (Lipinski definition) is 5. The van der Waals surface area contributed by atoms with Crippen molar-refractivity contribution < 1.29 is 19.5 Å². The van der Waals surface area contributed by atoms with Gasteiger partial charge in [-0.2, -0.15) is 0 Å². The van der Waals surface area contributed by atoms with Crippen molar-refractivity contribution in [3.63, 3.8) is 0 Å². The first-order valence-electron chi connectivity index (χ1n) is 7.70. The smallest absolute Gasteiger partial charge is 0.325 e. The zero-order chi connectivity index (χ0) is 16.7. The predicted octanol–water partition coefficient (Wildman–Crippen LogP) is -0.228. The van der Waals surface area contributed by atoms with Crippen LogP contribution in [0, 0.1) is 0 Å². The monoisotopic (exact) mass is 323 g/mol. The normalized spacial score (nSPS) is 15.8. The highest BCUT2D eigenvalue weighted by Gasteiger charge is 2.18. The number of hydrogen-bond donors (Lipinski definition) is 2. The van der Waals surface area contributed by atoms with Gasteiger partial charge in [-0.05, 0) is 12.8 Å². The standard InChI is InChI=1S/C14H21N5O4/c20-12(9-18-6-4-2-1-3-5-13(18)21)15-7-11-8-19(17-16-11)10-14(22)23/h8H,1-7,9-10H2,(H,15,20)(H,22,23). The van der Waals surface area contributed by atoms with Crippen molar-refractivity contribution in [2.75, 3.05) is 13.1 Å². The molecule has 126 valence electrons. The lowest BCUT2D eigenvalue weighted by atomic mass is 10.1. The third kappa shape index (κ3) is 5.68. The number of amides is 2. The van der Waals surface area contributed by atoms with E-state index in [1.807, 2.05) is 0 Å². The molecule has 1 aliphatic heterocycles. The number of aromatic nitrogens is 3. The van der Waals surface area contributed by atoms with E-state index in [1.54, 1.807) is 4.90 Å². The summed E-state index contributed by atoms with van der Waals surface area (Å²) in [7, 11) is 0. The van der Waals surface area contributed by atoms with Gasteiger partial charge in [0.25, 0.3) is 0 Å². The summed E-state index contributed by atoms with van der Waals surface area (Å²) >= 11 is 0. The Morgan fingerprint density at radius 1 is 1.22 bits per heavy atom. The molecule has 2 heterocycles. The third-order valence-corrected chi connectivity index (χ3v) is 3.61. The molecule has 0 bridgehead atoms. The molecule has 2 amide bonds. The highest BCUT2D eigenvalue weighted by molar-refractivity contribution is 5.84. The Morgan fingerprint density at radius 3 is 2.78 bits per heavy atom. The van der Waals surface area contributed by atoms with Crippen LogP contribution in [0.15, 0.2) is 6.20 Å². The summed E-state index contributed by atoms with van der Waals surface area (Å²) in [4.78, 5) is 36.1. The number of nitrogens with one attached hydrogen (secondary N) is 1. The van der Waals surface area contributed by atoms with Crippen molar-refractivity contribution in [3.05, 3.63) is 11.9 Å². The second-order valence-corrected chi connectivity index (χ2v) is 5.56. The van der Waals surface area contributed by atoms with E-state index in [2.05, 4.69) is 15.6 Å². The summed E-state index contributed by atoms with van der Waals surface area (Å²) in [6, 6.07) is 0. The minimum atomic E-state index is -1.01. The Balaban J connectivity index is 1.78. The van der Waals surface area contributed by atoms with Gasteiger partial charge in [-0.15, -0.1) is 5.10 Å². The van der Waals surface area contributed by atoms with Crippen molar-refractivity contribution >= 4 is 17.8 Å². The van der Waals surface area contributed by atoms with Gasteiger partial charge in [-0.3, -0.25) is 14.4 Å².